The van der Waals surface area contributed by atoms with Crippen molar-refractivity contribution in [1.29, 1.82) is 0 Å². The van der Waals surface area contributed by atoms with E-state index in [2.05, 4.69) is 17.2 Å². The van der Waals surface area contributed by atoms with E-state index in [1.54, 1.807) is 22.1 Å². The third-order valence-electron chi connectivity index (χ3n) is 5.42. The number of fused-ring (bicyclic) bond motifs is 1. The Hall–Kier alpha value is -2.97. The van der Waals surface area contributed by atoms with Gasteiger partial charge in [-0.1, -0.05) is 54.6 Å². The van der Waals surface area contributed by atoms with E-state index in [0.717, 1.165) is 28.1 Å². The van der Waals surface area contributed by atoms with Crippen LogP contribution in [0.4, 0.5) is 0 Å². The number of hydrogen-bond acceptors (Lipinski definition) is 6. The van der Waals surface area contributed by atoms with Crippen LogP contribution in [-0.2, 0) is 24.3 Å². The lowest BCUT2D eigenvalue weighted by atomic mass is 10.1. The predicted octanol–water partition coefficient (Wildman–Crippen LogP) is 4.49. The van der Waals surface area contributed by atoms with Gasteiger partial charge in [0.1, 0.15) is 4.83 Å². The molecule has 3 heterocycles. The number of rotatable bonds is 8. The summed E-state index contributed by atoms with van der Waals surface area (Å²) in [6, 6.07) is 13.7. The molecule has 0 unspecified atom stereocenters. The summed E-state index contributed by atoms with van der Waals surface area (Å²) in [6.45, 7) is 6.90. The first-order chi connectivity index (χ1) is 16.0. The number of carbonyl (C=O) groups is 1. The highest BCUT2D eigenvalue weighted by Crippen LogP contribution is 2.29. The summed E-state index contributed by atoms with van der Waals surface area (Å²) in [5, 5.41) is 4.13. The molecule has 0 radical (unpaired) electrons. The van der Waals surface area contributed by atoms with Gasteiger partial charge in [0, 0.05) is 11.1 Å². The lowest BCUT2D eigenvalue weighted by Gasteiger charge is -2.13. The first-order valence-electron chi connectivity index (χ1n) is 10.8. The molecule has 1 amide bonds. The summed E-state index contributed by atoms with van der Waals surface area (Å²) in [6.07, 6.45) is 2.56. The standard InChI is InChI=1S/C25H26N4O2S2/c1-4-20-17(3)22-23(33-20)28-25(29(24(22)31)14-18-10-8-16(2)9-11-18)32-15-21(30)27-13-19-7-5-6-12-26-19/h5-12H,4,13-15H2,1-3H3,(H,27,30). The van der Waals surface area contributed by atoms with E-state index in [4.69, 9.17) is 4.98 Å². The van der Waals surface area contributed by atoms with Gasteiger partial charge >= 0.3 is 0 Å². The second kappa shape index (κ2) is 10.3. The maximum absolute atomic E-state index is 13.5. The van der Waals surface area contributed by atoms with Crippen LogP contribution in [0.5, 0.6) is 0 Å². The van der Waals surface area contributed by atoms with Crippen molar-refractivity contribution >= 4 is 39.2 Å². The molecule has 4 rings (SSSR count). The molecule has 33 heavy (non-hydrogen) atoms. The van der Waals surface area contributed by atoms with Crippen molar-refractivity contribution in [2.75, 3.05) is 5.75 Å². The minimum absolute atomic E-state index is 0.0505. The minimum Gasteiger partial charge on any atom is -0.350 e. The molecule has 0 saturated heterocycles. The number of thioether (sulfide) groups is 1. The molecule has 0 aliphatic carbocycles. The van der Waals surface area contributed by atoms with Crippen molar-refractivity contribution in [3.63, 3.8) is 0 Å². The first kappa shape index (κ1) is 23.2. The molecule has 0 spiro atoms. The molecule has 0 bridgehead atoms. The fourth-order valence-electron chi connectivity index (χ4n) is 3.58. The minimum atomic E-state index is -0.126. The number of carbonyl (C=O) groups excluding carboxylic acids is 1. The van der Waals surface area contributed by atoms with Crippen LogP contribution in [0.15, 0.2) is 58.6 Å². The van der Waals surface area contributed by atoms with E-state index in [9.17, 15) is 9.59 Å². The van der Waals surface area contributed by atoms with E-state index in [1.807, 2.05) is 56.3 Å². The second-order valence-corrected chi connectivity index (χ2v) is 9.87. The molecule has 1 aromatic carbocycles. The number of pyridine rings is 1. The number of nitrogens with zero attached hydrogens (tertiary/aromatic N) is 3. The van der Waals surface area contributed by atoms with Gasteiger partial charge in [0.25, 0.3) is 5.56 Å². The van der Waals surface area contributed by atoms with Crippen molar-refractivity contribution in [2.24, 2.45) is 0 Å². The van der Waals surface area contributed by atoms with Crippen LogP contribution >= 0.6 is 23.1 Å². The lowest BCUT2D eigenvalue weighted by Crippen LogP contribution is -2.27. The number of hydrogen-bond donors (Lipinski definition) is 1. The topological polar surface area (TPSA) is 76.9 Å². The summed E-state index contributed by atoms with van der Waals surface area (Å²) >= 11 is 2.85. The Bertz CT molecular complexity index is 1330. The molecule has 0 aliphatic rings. The van der Waals surface area contributed by atoms with Gasteiger partial charge in [-0.2, -0.15) is 0 Å². The summed E-state index contributed by atoms with van der Waals surface area (Å²) in [7, 11) is 0. The SMILES string of the molecule is CCc1sc2nc(SCC(=O)NCc3ccccn3)n(Cc3ccc(C)cc3)c(=O)c2c1C. The van der Waals surface area contributed by atoms with Crippen LogP contribution in [0.2, 0.25) is 0 Å². The number of thiophene rings is 1. The Kier molecular flexibility index (Phi) is 7.25. The number of nitrogens with one attached hydrogen (secondary N) is 1. The Morgan fingerprint density at radius 3 is 2.64 bits per heavy atom. The van der Waals surface area contributed by atoms with Crippen molar-refractivity contribution in [2.45, 2.75) is 45.4 Å². The highest BCUT2D eigenvalue weighted by molar-refractivity contribution is 7.99. The van der Waals surface area contributed by atoms with E-state index in [0.29, 0.717) is 23.6 Å². The zero-order chi connectivity index (χ0) is 23.4. The van der Waals surface area contributed by atoms with Crippen molar-refractivity contribution < 1.29 is 4.79 Å². The van der Waals surface area contributed by atoms with Crippen LogP contribution in [0, 0.1) is 13.8 Å². The van der Waals surface area contributed by atoms with Gasteiger partial charge in [0.2, 0.25) is 5.91 Å². The van der Waals surface area contributed by atoms with Crippen molar-refractivity contribution in [1.82, 2.24) is 19.9 Å². The molecule has 8 heteroatoms. The van der Waals surface area contributed by atoms with Crippen molar-refractivity contribution in [3.8, 4) is 0 Å². The summed E-state index contributed by atoms with van der Waals surface area (Å²) in [5.74, 6) is 0.0439. The third kappa shape index (κ3) is 5.34. The van der Waals surface area contributed by atoms with E-state index in [-0.39, 0.29) is 17.2 Å². The number of aromatic nitrogens is 3. The van der Waals surface area contributed by atoms with Gasteiger partial charge in [-0.15, -0.1) is 11.3 Å². The molecule has 0 saturated carbocycles. The summed E-state index contributed by atoms with van der Waals surface area (Å²) < 4.78 is 1.70. The van der Waals surface area contributed by atoms with Gasteiger partial charge in [0.15, 0.2) is 5.16 Å². The second-order valence-electron chi connectivity index (χ2n) is 7.84. The van der Waals surface area contributed by atoms with Crippen LogP contribution in [0.3, 0.4) is 0 Å². The summed E-state index contributed by atoms with van der Waals surface area (Å²) in [4.78, 5) is 37.0. The number of aryl methyl sites for hydroxylation is 3. The molecule has 0 aliphatic heterocycles. The fraction of sp³-hybridized carbons (Fsp3) is 0.280. The van der Waals surface area contributed by atoms with Gasteiger partial charge in [-0.25, -0.2) is 4.98 Å². The van der Waals surface area contributed by atoms with Gasteiger partial charge in [0.05, 0.1) is 29.9 Å². The summed E-state index contributed by atoms with van der Waals surface area (Å²) in [5.41, 5.74) is 3.95. The molecule has 170 valence electrons. The molecule has 0 fully saturated rings. The average molecular weight is 479 g/mol. The van der Waals surface area contributed by atoms with E-state index < -0.39 is 0 Å². The number of benzene rings is 1. The molecule has 6 nitrogen and oxygen atoms in total. The molecule has 4 aromatic rings. The predicted molar refractivity (Wildman–Crippen MR) is 135 cm³/mol. The molecular weight excluding hydrogens is 452 g/mol. The van der Waals surface area contributed by atoms with Crippen LogP contribution in [-0.4, -0.2) is 26.2 Å². The zero-order valence-corrected chi connectivity index (χ0v) is 20.6. The third-order valence-corrected chi connectivity index (χ3v) is 7.73. The quantitative estimate of drug-likeness (QED) is 0.298. The molecule has 1 N–H and O–H groups in total. The van der Waals surface area contributed by atoms with Crippen LogP contribution in [0.1, 0.15) is 34.2 Å². The smallest absolute Gasteiger partial charge is 0.263 e. The largest absolute Gasteiger partial charge is 0.350 e. The highest BCUT2D eigenvalue weighted by Gasteiger charge is 2.18. The maximum Gasteiger partial charge on any atom is 0.263 e. The molecular formula is C25H26N4O2S2. The van der Waals surface area contributed by atoms with Gasteiger partial charge in [-0.05, 0) is 43.5 Å². The molecule has 3 aromatic heterocycles. The fourth-order valence-corrected chi connectivity index (χ4v) is 5.57. The Balaban J connectivity index is 1.61. The first-order valence-corrected chi connectivity index (χ1v) is 12.6. The normalized spacial score (nSPS) is 11.1. The highest BCUT2D eigenvalue weighted by atomic mass is 32.2. The molecule has 0 atom stereocenters. The Morgan fingerprint density at radius 2 is 1.94 bits per heavy atom. The van der Waals surface area contributed by atoms with Gasteiger partial charge < -0.3 is 5.32 Å². The monoisotopic (exact) mass is 478 g/mol. The van der Waals surface area contributed by atoms with Crippen LogP contribution < -0.4 is 10.9 Å². The van der Waals surface area contributed by atoms with Gasteiger partial charge in [-0.3, -0.25) is 19.1 Å². The van der Waals surface area contributed by atoms with Crippen molar-refractivity contribution in [3.05, 3.63) is 86.3 Å². The zero-order valence-electron chi connectivity index (χ0n) is 18.9. The lowest BCUT2D eigenvalue weighted by molar-refractivity contribution is -0.118. The van der Waals surface area contributed by atoms with E-state index >= 15 is 0 Å². The Labute approximate surface area is 201 Å². The maximum atomic E-state index is 13.5. The average Bonchev–Trinajstić information content (AvgIpc) is 3.15. The Morgan fingerprint density at radius 1 is 1.15 bits per heavy atom. The number of amides is 1. The van der Waals surface area contributed by atoms with E-state index in [1.165, 1.54) is 22.2 Å². The van der Waals surface area contributed by atoms with Crippen LogP contribution in [0.25, 0.3) is 10.2 Å².